The van der Waals surface area contributed by atoms with Gasteiger partial charge in [-0.1, -0.05) is 44.2 Å². The molecule has 0 aliphatic rings. The Bertz CT molecular complexity index is 300. The average Bonchev–Trinajstić information content (AvgIpc) is 2.35. The summed E-state index contributed by atoms with van der Waals surface area (Å²) < 4.78 is 0. The van der Waals surface area contributed by atoms with E-state index < -0.39 is 0 Å². The molecule has 0 spiro atoms. The van der Waals surface area contributed by atoms with Crippen LogP contribution in [0.15, 0.2) is 36.9 Å². The van der Waals surface area contributed by atoms with Crippen LogP contribution in [0.25, 0.3) is 0 Å². The minimum atomic E-state index is 0.478. The van der Waals surface area contributed by atoms with Gasteiger partial charge in [-0.05, 0) is 36.9 Å². The van der Waals surface area contributed by atoms with Crippen LogP contribution < -0.4 is 5.32 Å². The molecule has 1 unspecified atom stereocenters. The topological polar surface area (TPSA) is 12.0 Å². The van der Waals surface area contributed by atoms with Crippen LogP contribution >= 0.6 is 0 Å². The van der Waals surface area contributed by atoms with Crippen molar-refractivity contribution in [1.82, 2.24) is 5.32 Å². The van der Waals surface area contributed by atoms with Crippen LogP contribution in [0.1, 0.15) is 43.9 Å². The van der Waals surface area contributed by atoms with E-state index >= 15 is 0 Å². The molecule has 1 rings (SSSR count). The van der Waals surface area contributed by atoms with Crippen LogP contribution in [0, 0.1) is 0 Å². The van der Waals surface area contributed by atoms with Gasteiger partial charge in [0.25, 0.3) is 0 Å². The van der Waals surface area contributed by atoms with Crippen molar-refractivity contribution >= 4 is 0 Å². The Labute approximate surface area is 99.6 Å². The highest BCUT2D eigenvalue weighted by molar-refractivity contribution is 5.25. The summed E-state index contributed by atoms with van der Waals surface area (Å²) in [6.07, 6.45) is 5.23. The smallest absolute Gasteiger partial charge is 0.0317 e. The predicted octanol–water partition coefficient (Wildman–Crippen LogP) is 3.87. The number of benzene rings is 1. The van der Waals surface area contributed by atoms with Crippen molar-refractivity contribution in [2.45, 2.75) is 39.2 Å². The highest BCUT2D eigenvalue weighted by atomic mass is 14.9. The van der Waals surface area contributed by atoms with Gasteiger partial charge in [-0.25, -0.2) is 0 Å². The second-order valence-electron chi connectivity index (χ2n) is 4.09. The number of hydrogen-bond acceptors (Lipinski definition) is 1. The van der Waals surface area contributed by atoms with Crippen molar-refractivity contribution in [3.8, 4) is 0 Å². The molecule has 0 aromatic heterocycles. The lowest BCUT2D eigenvalue weighted by atomic mass is 10.0. The second kappa shape index (κ2) is 7.24. The van der Waals surface area contributed by atoms with Crippen molar-refractivity contribution in [2.24, 2.45) is 0 Å². The quantitative estimate of drug-likeness (QED) is 0.540. The van der Waals surface area contributed by atoms with Crippen LogP contribution in [-0.4, -0.2) is 6.54 Å². The SMILES string of the molecule is C=CCCNC(CC)c1ccc(CC)cc1. The molecule has 0 radical (unpaired) electrons. The molecule has 0 saturated carbocycles. The summed E-state index contributed by atoms with van der Waals surface area (Å²) in [6, 6.07) is 9.42. The van der Waals surface area contributed by atoms with E-state index in [9.17, 15) is 0 Å². The lowest BCUT2D eigenvalue weighted by Gasteiger charge is -2.17. The van der Waals surface area contributed by atoms with Gasteiger partial charge in [0.1, 0.15) is 0 Å². The first kappa shape index (κ1) is 13.0. The molecule has 0 heterocycles. The molecule has 0 fully saturated rings. The van der Waals surface area contributed by atoms with E-state index in [1.165, 1.54) is 11.1 Å². The first-order chi connectivity index (χ1) is 7.81. The Morgan fingerprint density at radius 2 is 1.94 bits per heavy atom. The van der Waals surface area contributed by atoms with Gasteiger partial charge in [0, 0.05) is 6.04 Å². The molecule has 1 aromatic rings. The zero-order chi connectivity index (χ0) is 11.8. The Morgan fingerprint density at radius 3 is 2.44 bits per heavy atom. The van der Waals surface area contributed by atoms with Gasteiger partial charge < -0.3 is 5.32 Å². The summed E-state index contributed by atoms with van der Waals surface area (Å²) in [6.45, 7) is 9.16. The molecule has 0 aliphatic carbocycles. The predicted molar refractivity (Wildman–Crippen MR) is 71.7 cm³/mol. The van der Waals surface area contributed by atoms with E-state index in [0.717, 1.165) is 25.8 Å². The molecular formula is C15H23N. The average molecular weight is 217 g/mol. The highest BCUT2D eigenvalue weighted by Crippen LogP contribution is 2.17. The molecule has 0 bridgehead atoms. The fourth-order valence-electron chi connectivity index (χ4n) is 1.84. The maximum absolute atomic E-state index is 3.74. The number of rotatable bonds is 7. The zero-order valence-electron chi connectivity index (χ0n) is 10.5. The molecule has 88 valence electrons. The molecule has 0 aliphatic heterocycles. The maximum atomic E-state index is 3.74. The molecule has 1 nitrogen and oxygen atoms in total. The van der Waals surface area contributed by atoms with Crippen LogP contribution in [0.2, 0.25) is 0 Å². The van der Waals surface area contributed by atoms with Crippen LogP contribution in [0.3, 0.4) is 0 Å². The summed E-state index contributed by atoms with van der Waals surface area (Å²) in [7, 11) is 0. The molecule has 1 atom stereocenters. The first-order valence-electron chi connectivity index (χ1n) is 6.24. The van der Waals surface area contributed by atoms with E-state index in [1.807, 2.05) is 6.08 Å². The van der Waals surface area contributed by atoms with Crippen molar-refractivity contribution in [2.75, 3.05) is 6.54 Å². The Hall–Kier alpha value is -1.08. The van der Waals surface area contributed by atoms with E-state index in [0.29, 0.717) is 6.04 Å². The lowest BCUT2D eigenvalue weighted by molar-refractivity contribution is 0.525. The number of nitrogens with one attached hydrogen (secondary N) is 1. The zero-order valence-corrected chi connectivity index (χ0v) is 10.5. The summed E-state index contributed by atoms with van der Waals surface area (Å²) in [4.78, 5) is 0. The van der Waals surface area contributed by atoms with Gasteiger partial charge in [0.15, 0.2) is 0 Å². The largest absolute Gasteiger partial charge is 0.310 e. The Morgan fingerprint density at radius 1 is 1.25 bits per heavy atom. The van der Waals surface area contributed by atoms with E-state index in [2.05, 4.69) is 50.0 Å². The minimum absolute atomic E-state index is 0.478. The highest BCUT2D eigenvalue weighted by Gasteiger charge is 2.07. The molecular weight excluding hydrogens is 194 g/mol. The fraction of sp³-hybridized carbons (Fsp3) is 0.467. The third kappa shape index (κ3) is 3.82. The van der Waals surface area contributed by atoms with Gasteiger partial charge in [0.2, 0.25) is 0 Å². The summed E-state index contributed by atoms with van der Waals surface area (Å²) in [5, 5.41) is 3.55. The van der Waals surface area contributed by atoms with Crippen LogP contribution in [-0.2, 0) is 6.42 Å². The van der Waals surface area contributed by atoms with Gasteiger partial charge in [-0.15, -0.1) is 6.58 Å². The van der Waals surface area contributed by atoms with E-state index in [1.54, 1.807) is 0 Å². The second-order valence-corrected chi connectivity index (χ2v) is 4.09. The van der Waals surface area contributed by atoms with E-state index in [4.69, 9.17) is 0 Å². The van der Waals surface area contributed by atoms with Crippen molar-refractivity contribution in [1.29, 1.82) is 0 Å². The third-order valence-electron chi connectivity index (χ3n) is 2.94. The number of hydrogen-bond donors (Lipinski definition) is 1. The summed E-state index contributed by atoms with van der Waals surface area (Å²) in [5.41, 5.74) is 2.80. The van der Waals surface area contributed by atoms with Crippen LogP contribution in [0.5, 0.6) is 0 Å². The Balaban J connectivity index is 2.59. The van der Waals surface area contributed by atoms with Crippen LogP contribution in [0.4, 0.5) is 0 Å². The normalized spacial score (nSPS) is 12.4. The molecule has 1 aromatic carbocycles. The monoisotopic (exact) mass is 217 g/mol. The van der Waals surface area contributed by atoms with Gasteiger partial charge >= 0.3 is 0 Å². The lowest BCUT2D eigenvalue weighted by Crippen LogP contribution is -2.21. The fourth-order valence-corrected chi connectivity index (χ4v) is 1.84. The number of aryl methyl sites for hydroxylation is 1. The molecule has 16 heavy (non-hydrogen) atoms. The van der Waals surface area contributed by atoms with Crippen molar-refractivity contribution < 1.29 is 0 Å². The minimum Gasteiger partial charge on any atom is -0.310 e. The summed E-state index contributed by atoms with van der Waals surface area (Å²) >= 11 is 0. The third-order valence-corrected chi connectivity index (χ3v) is 2.94. The van der Waals surface area contributed by atoms with Crippen molar-refractivity contribution in [3.63, 3.8) is 0 Å². The van der Waals surface area contributed by atoms with Gasteiger partial charge in [-0.2, -0.15) is 0 Å². The summed E-state index contributed by atoms with van der Waals surface area (Å²) in [5.74, 6) is 0. The molecule has 1 heteroatoms. The molecule has 0 amide bonds. The first-order valence-corrected chi connectivity index (χ1v) is 6.24. The van der Waals surface area contributed by atoms with Crippen molar-refractivity contribution in [3.05, 3.63) is 48.0 Å². The van der Waals surface area contributed by atoms with Gasteiger partial charge in [0.05, 0.1) is 0 Å². The van der Waals surface area contributed by atoms with Gasteiger partial charge in [-0.3, -0.25) is 0 Å². The molecule has 1 N–H and O–H groups in total. The van der Waals surface area contributed by atoms with E-state index in [-0.39, 0.29) is 0 Å². The Kier molecular flexibility index (Phi) is 5.87. The standard InChI is InChI=1S/C15H23N/c1-4-7-12-16-15(6-3)14-10-8-13(5-2)9-11-14/h4,8-11,15-16H,1,5-7,12H2,2-3H3. The molecule has 0 saturated heterocycles. The maximum Gasteiger partial charge on any atom is 0.0317 e.